The molecule has 1 aromatic rings. The summed E-state index contributed by atoms with van der Waals surface area (Å²) < 4.78 is 1.71. The molecule has 2 amide bonds. The Balaban J connectivity index is 1.95. The Morgan fingerprint density at radius 2 is 2.22 bits per heavy atom. The number of nitrogens with zero attached hydrogens (tertiary/aromatic N) is 3. The summed E-state index contributed by atoms with van der Waals surface area (Å²) in [5.74, 6) is -0.237. The summed E-state index contributed by atoms with van der Waals surface area (Å²) in [6, 6.07) is 1.39. The van der Waals surface area contributed by atoms with E-state index in [1.807, 2.05) is 33.2 Å². The highest BCUT2D eigenvalue weighted by Crippen LogP contribution is 2.16. The highest BCUT2D eigenvalue weighted by Gasteiger charge is 2.39. The Labute approximate surface area is 106 Å². The molecule has 1 aliphatic heterocycles. The average Bonchev–Trinajstić information content (AvgIpc) is 2.80. The second kappa shape index (κ2) is 4.89. The first-order chi connectivity index (χ1) is 8.49. The van der Waals surface area contributed by atoms with Crippen molar-refractivity contribution in [1.82, 2.24) is 20.0 Å². The van der Waals surface area contributed by atoms with Gasteiger partial charge in [-0.25, -0.2) is 0 Å². The van der Waals surface area contributed by atoms with Crippen molar-refractivity contribution in [2.24, 2.45) is 7.05 Å². The van der Waals surface area contributed by atoms with Gasteiger partial charge >= 0.3 is 0 Å². The third-order valence-electron chi connectivity index (χ3n) is 3.00. The molecule has 1 atom stereocenters. The first-order valence-electron chi connectivity index (χ1n) is 6.07. The predicted octanol–water partition coefficient (Wildman–Crippen LogP) is 0.0456. The van der Waals surface area contributed by atoms with Crippen LogP contribution in [0, 0.1) is 0 Å². The fourth-order valence-corrected chi connectivity index (χ4v) is 2.14. The van der Waals surface area contributed by atoms with Crippen molar-refractivity contribution in [2.75, 3.05) is 0 Å². The van der Waals surface area contributed by atoms with Gasteiger partial charge in [-0.2, -0.15) is 5.10 Å². The van der Waals surface area contributed by atoms with Crippen LogP contribution in [0.2, 0.25) is 0 Å². The smallest absolute Gasteiger partial charge is 0.247 e. The SMILES string of the molecule is CC(C)N1C(=O)CC(NCc2ccn(C)n2)C1=O. The Hall–Kier alpha value is -1.69. The molecule has 6 nitrogen and oxygen atoms in total. The highest BCUT2D eigenvalue weighted by molar-refractivity contribution is 6.05. The molecule has 0 bridgehead atoms. The molecule has 1 aliphatic rings. The number of aromatic nitrogens is 2. The van der Waals surface area contributed by atoms with Gasteiger partial charge in [-0.1, -0.05) is 0 Å². The molecule has 18 heavy (non-hydrogen) atoms. The van der Waals surface area contributed by atoms with E-state index in [1.165, 1.54) is 4.90 Å². The van der Waals surface area contributed by atoms with Gasteiger partial charge in [0.25, 0.3) is 0 Å². The number of likely N-dealkylation sites (tertiary alicyclic amines) is 1. The Kier molecular flexibility index (Phi) is 3.47. The Morgan fingerprint density at radius 3 is 2.72 bits per heavy atom. The molecule has 1 fully saturated rings. The van der Waals surface area contributed by atoms with Crippen LogP contribution in [0.5, 0.6) is 0 Å². The maximum Gasteiger partial charge on any atom is 0.247 e. The molecule has 0 aliphatic carbocycles. The largest absolute Gasteiger partial charge is 0.300 e. The van der Waals surface area contributed by atoms with E-state index in [-0.39, 0.29) is 24.3 Å². The maximum absolute atomic E-state index is 12.0. The molecule has 0 aromatic carbocycles. The van der Waals surface area contributed by atoms with E-state index in [0.29, 0.717) is 6.54 Å². The van der Waals surface area contributed by atoms with E-state index >= 15 is 0 Å². The molecule has 0 spiro atoms. The number of carbonyl (C=O) groups is 2. The third-order valence-corrected chi connectivity index (χ3v) is 3.00. The van der Waals surface area contributed by atoms with Crippen molar-refractivity contribution in [3.05, 3.63) is 18.0 Å². The van der Waals surface area contributed by atoms with Crippen LogP contribution in [0.25, 0.3) is 0 Å². The fraction of sp³-hybridized carbons (Fsp3) is 0.583. The number of amides is 2. The summed E-state index contributed by atoms with van der Waals surface area (Å²) >= 11 is 0. The van der Waals surface area contributed by atoms with Crippen LogP contribution < -0.4 is 5.32 Å². The van der Waals surface area contributed by atoms with Crippen molar-refractivity contribution >= 4 is 11.8 Å². The molecular weight excluding hydrogens is 232 g/mol. The fourth-order valence-electron chi connectivity index (χ4n) is 2.14. The summed E-state index contributed by atoms with van der Waals surface area (Å²) in [7, 11) is 1.84. The molecule has 98 valence electrons. The zero-order chi connectivity index (χ0) is 13.3. The van der Waals surface area contributed by atoms with Crippen molar-refractivity contribution in [1.29, 1.82) is 0 Å². The van der Waals surface area contributed by atoms with Crippen LogP contribution in [0.1, 0.15) is 26.0 Å². The molecule has 1 unspecified atom stereocenters. The monoisotopic (exact) mass is 250 g/mol. The zero-order valence-electron chi connectivity index (χ0n) is 10.9. The molecule has 1 saturated heterocycles. The number of imide groups is 1. The van der Waals surface area contributed by atoms with Gasteiger partial charge < -0.3 is 0 Å². The Morgan fingerprint density at radius 1 is 1.50 bits per heavy atom. The quantitative estimate of drug-likeness (QED) is 0.766. The molecule has 2 heterocycles. The van der Waals surface area contributed by atoms with Crippen LogP contribution in [0.15, 0.2) is 12.3 Å². The van der Waals surface area contributed by atoms with Crippen molar-refractivity contribution in [2.45, 2.75) is 38.9 Å². The topological polar surface area (TPSA) is 67.2 Å². The molecule has 1 aromatic heterocycles. The lowest BCUT2D eigenvalue weighted by molar-refractivity contribution is -0.140. The number of rotatable bonds is 4. The van der Waals surface area contributed by atoms with E-state index in [0.717, 1.165) is 5.69 Å². The normalized spacial score (nSPS) is 20.2. The standard InChI is InChI=1S/C12H18N4O2/c1-8(2)16-11(17)6-10(12(16)18)13-7-9-4-5-15(3)14-9/h4-5,8,10,13H,6-7H2,1-3H3. The lowest BCUT2D eigenvalue weighted by atomic mass is 10.2. The average molecular weight is 250 g/mol. The minimum Gasteiger partial charge on any atom is -0.300 e. The van der Waals surface area contributed by atoms with Crippen molar-refractivity contribution < 1.29 is 9.59 Å². The number of aryl methyl sites for hydroxylation is 1. The zero-order valence-corrected chi connectivity index (χ0v) is 10.9. The van der Waals surface area contributed by atoms with E-state index in [1.54, 1.807) is 4.68 Å². The van der Waals surface area contributed by atoms with Gasteiger partial charge in [0, 0.05) is 25.8 Å². The van der Waals surface area contributed by atoms with Crippen LogP contribution >= 0.6 is 0 Å². The summed E-state index contributed by atoms with van der Waals surface area (Å²) in [6.45, 7) is 4.18. The predicted molar refractivity (Wildman–Crippen MR) is 65.4 cm³/mol. The van der Waals surface area contributed by atoms with Gasteiger partial charge in [0.15, 0.2) is 0 Å². The summed E-state index contributed by atoms with van der Waals surface area (Å²) in [5.41, 5.74) is 0.862. The first-order valence-corrected chi connectivity index (χ1v) is 6.07. The Bertz CT molecular complexity index is 466. The number of hydrogen-bond acceptors (Lipinski definition) is 4. The lowest BCUT2D eigenvalue weighted by Gasteiger charge is -2.19. The molecule has 6 heteroatoms. The second-order valence-electron chi connectivity index (χ2n) is 4.81. The minimum absolute atomic E-state index is 0.0772. The van der Waals surface area contributed by atoms with Gasteiger partial charge in [-0.3, -0.25) is 24.5 Å². The van der Waals surface area contributed by atoms with E-state index < -0.39 is 6.04 Å². The van der Waals surface area contributed by atoms with E-state index in [4.69, 9.17) is 0 Å². The summed E-state index contributed by atoms with van der Waals surface area (Å²) in [6.07, 6.45) is 2.09. The summed E-state index contributed by atoms with van der Waals surface area (Å²) in [5, 5.41) is 7.30. The van der Waals surface area contributed by atoms with Gasteiger partial charge in [0.2, 0.25) is 11.8 Å². The molecular formula is C12H18N4O2. The lowest BCUT2D eigenvalue weighted by Crippen LogP contribution is -2.41. The second-order valence-corrected chi connectivity index (χ2v) is 4.81. The molecule has 0 radical (unpaired) electrons. The van der Waals surface area contributed by atoms with Gasteiger partial charge in [0.1, 0.15) is 0 Å². The van der Waals surface area contributed by atoms with Crippen LogP contribution in [0.3, 0.4) is 0 Å². The van der Waals surface area contributed by atoms with Gasteiger partial charge in [0.05, 0.1) is 18.2 Å². The van der Waals surface area contributed by atoms with Crippen LogP contribution in [-0.4, -0.2) is 38.6 Å². The highest BCUT2D eigenvalue weighted by atomic mass is 16.2. The van der Waals surface area contributed by atoms with Crippen molar-refractivity contribution in [3.63, 3.8) is 0 Å². The number of carbonyl (C=O) groups excluding carboxylic acids is 2. The van der Waals surface area contributed by atoms with E-state index in [9.17, 15) is 9.59 Å². The number of hydrogen-bond donors (Lipinski definition) is 1. The maximum atomic E-state index is 12.0. The molecule has 2 rings (SSSR count). The van der Waals surface area contributed by atoms with Crippen molar-refractivity contribution in [3.8, 4) is 0 Å². The first kappa shape index (κ1) is 12.8. The third kappa shape index (κ3) is 2.43. The van der Waals surface area contributed by atoms with Gasteiger partial charge in [-0.15, -0.1) is 0 Å². The van der Waals surface area contributed by atoms with Crippen LogP contribution in [-0.2, 0) is 23.2 Å². The van der Waals surface area contributed by atoms with Crippen LogP contribution in [0.4, 0.5) is 0 Å². The number of nitrogens with one attached hydrogen (secondary N) is 1. The van der Waals surface area contributed by atoms with Gasteiger partial charge in [-0.05, 0) is 19.9 Å². The minimum atomic E-state index is -0.415. The summed E-state index contributed by atoms with van der Waals surface area (Å²) in [4.78, 5) is 25.0. The molecule has 1 N–H and O–H groups in total. The molecule has 0 saturated carbocycles. The van der Waals surface area contributed by atoms with E-state index in [2.05, 4.69) is 10.4 Å².